The van der Waals surface area contributed by atoms with E-state index in [9.17, 15) is 0 Å². The van der Waals surface area contributed by atoms with Crippen molar-refractivity contribution in [2.24, 2.45) is 4.99 Å². The van der Waals surface area contributed by atoms with Crippen molar-refractivity contribution < 1.29 is 0 Å². The van der Waals surface area contributed by atoms with Gasteiger partial charge in [-0.05, 0) is 6.42 Å². The number of piperazine rings is 1. The van der Waals surface area contributed by atoms with E-state index < -0.39 is 0 Å². The third-order valence-electron chi connectivity index (χ3n) is 4.15. The summed E-state index contributed by atoms with van der Waals surface area (Å²) in [6, 6.07) is 0. The number of nitrogens with zero attached hydrogens (tertiary/aromatic N) is 5. The summed E-state index contributed by atoms with van der Waals surface area (Å²) in [5.74, 6) is 1.99. The van der Waals surface area contributed by atoms with Crippen molar-refractivity contribution in [3.63, 3.8) is 0 Å². The van der Waals surface area contributed by atoms with Gasteiger partial charge in [0.25, 0.3) is 0 Å². The minimum Gasteiger partial charge on any atom is -0.356 e. The summed E-state index contributed by atoms with van der Waals surface area (Å²) in [6.45, 7) is 9.28. The summed E-state index contributed by atoms with van der Waals surface area (Å²) in [7, 11) is 1.87. The number of unbranched alkanes of at least 4 members (excludes halogenated alkanes) is 3. The fourth-order valence-electron chi connectivity index (χ4n) is 2.71. The van der Waals surface area contributed by atoms with Gasteiger partial charge in [-0.2, -0.15) is 4.37 Å². The van der Waals surface area contributed by atoms with E-state index in [2.05, 4.69) is 43.3 Å². The van der Waals surface area contributed by atoms with Gasteiger partial charge in [0, 0.05) is 57.7 Å². The number of aliphatic imine (C=N–C) groups is 1. The van der Waals surface area contributed by atoms with E-state index in [4.69, 9.17) is 0 Å². The third kappa shape index (κ3) is 5.34. The van der Waals surface area contributed by atoms with Gasteiger partial charge in [0.2, 0.25) is 5.13 Å². The first-order chi connectivity index (χ1) is 11.3. The molecule has 1 aliphatic rings. The van der Waals surface area contributed by atoms with Gasteiger partial charge in [0.1, 0.15) is 5.82 Å². The predicted octanol–water partition coefficient (Wildman–Crippen LogP) is 2.38. The molecule has 7 heteroatoms. The lowest BCUT2D eigenvalue weighted by Gasteiger charge is -2.36. The zero-order valence-electron chi connectivity index (χ0n) is 14.7. The summed E-state index contributed by atoms with van der Waals surface area (Å²) in [4.78, 5) is 13.7. The van der Waals surface area contributed by atoms with Gasteiger partial charge in [0.15, 0.2) is 5.96 Å². The molecule has 1 aromatic rings. The molecule has 1 aromatic heterocycles. The highest BCUT2D eigenvalue weighted by Gasteiger charge is 2.21. The number of anilines is 1. The fourth-order valence-corrected chi connectivity index (χ4v) is 3.51. The molecule has 0 aromatic carbocycles. The summed E-state index contributed by atoms with van der Waals surface area (Å²) in [5.41, 5.74) is 0. The molecule has 0 radical (unpaired) electrons. The molecule has 1 N–H and O–H groups in total. The molecule has 1 fully saturated rings. The normalized spacial score (nSPS) is 16.0. The highest BCUT2D eigenvalue weighted by molar-refractivity contribution is 7.09. The van der Waals surface area contributed by atoms with Crippen molar-refractivity contribution in [2.75, 3.05) is 44.7 Å². The van der Waals surface area contributed by atoms with Crippen LogP contribution in [0.1, 0.15) is 45.4 Å². The van der Waals surface area contributed by atoms with Crippen LogP contribution < -0.4 is 10.2 Å². The second-order valence-corrected chi connectivity index (χ2v) is 6.59. The lowest BCUT2D eigenvalue weighted by atomic mass is 10.2. The van der Waals surface area contributed by atoms with Crippen molar-refractivity contribution in [3.8, 4) is 0 Å². The van der Waals surface area contributed by atoms with Crippen LogP contribution in [0, 0.1) is 0 Å². The van der Waals surface area contributed by atoms with E-state index in [1.54, 1.807) is 0 Å². The van der Waals surface area contributed by atoms with Crippen LogP contribution >= 0.6 is 11.5 Å². The topological polar surface area (TPSA) is 56.7 Å². The molecule has 0 unspecified atom stereocenters. The van der Waals surface area contributed by atoms with Gasteiger partial charge in [-0.1, -0.05) is 33.1 Å². The Morgan fingerprint density at radius 1 is 1.17 bits per heavy atom. The molecule has 0 bridgehead atoms. The number of guanidine groups is 1. The van der Waals surface area contributed by atoms with Crippen molar-refractivity contribution in [3.05, 3.63) is 5.82 Å². The van der Waals surface area contributed by atoms with E-state index in [0.29, 0.717) is 0 Å². The van der Waals surface area contributed by atoms with Crippen LogP contribution in [0.4, 0.5) is 5.13 Å². The monoisotopic (exact) mass is 338 g/mol. The maximum Gasteiger partial charge on any atom is 0.205 e. The predicted molar refractivity (Wildman–Crippen MR) is 98.6 cm³/mol. The third-order valence-corrected chi connectivity index (χ3v) is 4.96. The fraction of sp³-hybridized carbons (Fsp3) is 0.812. The lowest BCUT2D eigenvalue weighted by Crippen LogP contribution is -2.52. The minimum absolute atomic E-state index is 0.908. The first kappa shape index (κ1) is 18.0. The van der Waals surface area contributed by atoms with Crippen LogP contribution in [-0.4, -0.2) is 60.0 Å². The Kier molecular flexibility index (Phi) is 7.58. The number of hydrogen-bond acceptors (Lipinski definition) is 5. The number of rotatable bonds is 7. The van der Waals surface area contributed by atoms with E-state index in [1.165, 1.54) is 37.2 Å². The lowest BCUT2D eigenvalue weighted by molar-refractivity contribution is 0.372. The molecule has 1 saturated heterocycles. The molecule has 130 valence electrons. The second kappa shape index (κ2) is 9.70. The molecule has 0 atom stereocenters. The molecule has 23 heavy (non-hydrogen) atoms. The van der Waals surface area contributed by atoms with Crippen LogP contribution in [0.5, 0.6) is 0 Å². The number of nitrogens with one attached hydrogen (secondary N) is 1. The van der Waals surface area contributed by atoms with Crippen LogP contribution in [-0.2, 0) is 6.42 Å². The maximum atomic E-state index is 4.59. The Morgan fingerprint density at radius 3 is 2.57 bits per heavy atom. The molecule has 2 heterocycles. The Labute approximate surface area is 144 Å². The molecule has 0 aliphatic carbocycles. The Bertz CT molecular complexity index is 479. The zero-order valence-corrected chi connectivity index (χ0v) is 15.5. The molecule has 0 saturated carbocycles. The van der Waals surface area contributed by atoms with Crippen LogP contribution in [0.25, 0.3) is 0 Å². The van der Waals surface area contributed by atoms with Crippen molar-refractivity contribution >= 4 is 22.6 Å². The molecule has 2 rings (SSSR count). The van der Waals surface area contributed by atoms with Crippen LogP contribution in [0.2, 0.25) is 0 Å². The maximum absolute atomic E-state index is 4.59. The average molecular weight is 339 g/mol. The van der Waals surface area contributed by atoms with Crippen LogP contribution in [0.3, 0.4) is 0 Å². The SMILES string of the molecule is CCCCCCNC(=NC)N1CCN(c2nc(CC)ns2)CC1. The number of hydrogen-bond donors (Lipinski definition) is 1. The molecular formula is C16H30N6S. The van der Waals surface area contributed by atoms with Crippen molar-refractivity contribution in [1.29, 1.82) is 0 Å². The van der Waals surface area contributed by atoms with Crippen molar-refractivity contribution in [1.82, 2.24) is 19.6 Å². The quantitative estimate of drug-likeness (QED) is 0.470. The Hall–Kier alpha value is -1.37. The molecule has 0 spiro atoms. The van der Waals surface area contributed by atoms with Gasteiger partial charge in [-0.15, -0.1) is 0 Å². The first-order valence-electron chi connectivity index (χ1n) is 8.81. The van der Waals surface area contributed by atoms with Gasteiger partial charge in [0.05, 0.1) is 0 Å². The summed E-state index contributed by atoms with van der Waals surface area (Å²) >= 11 is 1.52. The first-order valence-corrected chi connectivity index (χ1v) is 9.59. The van der Waals surface area contributed by atoms with E-state index in [0.717, 1.165) is 56.1 Å². The zero-order chi connectivity index (χ0) is 16.5. The highest BCUT2D eigenvalue weighted by atomic mass is 32.1. The van der Waals surface area contributed by atoms with E-state index in [-0.39, 0.29) is 0 Å². The standard InChI is InChI=1S/C16H30N6S/c1-4-6-7-8-9-18-15(17-3)21-10-12-22(13-11-21)16-19-14(5-2)20-23-16/h4-13H2,1-3H3,(H,17,18). The van der Waals surface area contributed by atoms with Gasteiger partial charge < -0.3 is 15.1 Å². The second-order valence-electron chi connectivity index (χ2n) is 5.86. The van der Waals surface area contributed by atoms with Gasteiger partial charge >= 0.3 is 0 Å². The minimum atomic E-state index is 0.908. The Morgan fingerprint density at radius 2 is 1.96 bits per heavy atom. The van der Waals surface area contributed by atoms with Gasteiger partial charge in [-0.3, -0.25) is 4.99 Å². The van der Waals surface area contributed by atoms with E-state index in [1.807, 2.05) is 7.05 Å². The summed E-state index contributed by atoms with van der Waals surface area (Å²) in [6.07, 6.45) is 6.02. The highest BCUT2D eigenvalue weighted by Crippen LogP contribution is 2.19. The van der Waals surface area contributed by atoms with E-state index >= 15 is 0 Å². The number of aryl methyl sites for hydroxylation is 1. The molecular weight excluding hydrogens is 308 g/mol. The Balaban J connectivity index is 1.75. The average Bonchev–Trinajstić information content (AvgIpc) is 3.08. The molecule has 6 nitrogen and oxygen atoms in total. The van der Waals surface area contributed by atoms with Crippen LogP contribution in [0.15, 0.2) is 4.99 Å². The smallest absolute Gasteiger partial charge is 0.205 e. The summed E-state index contributed by atoms with van der Waals surface area (Å²) < 4.78 is 4.38. The molecule has 1 aliphatic heterocycles. The summed E-state index contributed by atoms with van der Waals surface area (Å²) in [5, 5.41) is 4.56. The number of aromatic nitrogens is 2. The van der Waals surface area contributed by atoms with Crippen molar-refractivity contribution in [2.45, 2.75) is 46.0 Å². The molecule has 0 amide bonds. The largest absolute Gasteiger partial charge is 0.356 e. The van der Waals surface area contributed by atoms with Gasteiger partial charge in [-0.25, -0.2) is 4.98 Å².